The Kier molecular flexibility index (Phi) is 4.20. The van der Waals surface area contributed by atoms with Gasteiger partial charge >= 0.3 is 11.8 Å². The van der Waals surface area contributed by atoms with Crippen molar-refractivity contribution in [3.8, 4) is 23.5 Å². The van der Waals surface area contributed by atoms with Crippen molar-refractivity contribution in [3.05, 3.63) is 58.7 Å². The number of carbonyl (C=O) groups is 2. The molecule has 0 unspecified atom stereocenters. The Labute approximate surface area is 179 Å². The Hall–Kier alpha value is -4.65. The van der Waals surface area contributed by atoms with E-state index in [4.69, 9.17) is 9.15 Å². The highest BCUT2D eigenvalue weighted by Crippen LogP contribution is 2.32. The van der Waals surface area contributed by atoms with Crippen molar-refractivity contribution in [3.63, 3.8) is 0 Å². The molecule has 5 rings (SSSR count). The molecule has 1 aliphatic heterocycles. The van der Waals surface area contributed by atoms with Gasteiger partial charge in [-0.3, -0.25) is 15.1 Å². The highest BCUT2D eigenvalue weighted by Gasteiger charge is 2.46. The van der Waals surface area contributed by atoms with Gasteiger partial charge in [0.1, 0.15) is 5.75 Å². The molecule has 0 bridgehead atoms. The van der Waals surface area contributed by atoms with E-state index < -0.39 is 23.2 Å². The number of hydrogen-bond acceptors (Lipinski definition) is 6. The molecule has 10 heteroatoms. The van der Waals surface area contributed by atoms with E-state index in [-0.39, 0.29) is 12.4 Å². The number of imide groups is 1. The van der Waals surface area contributed by atoms with E-state index in [0.29, 0.717) is 27.8 Å². The molecule has 3 heterocycles. The number of ether oxygens (including phenoxy) is 1. The number of rotatable bonds is 3. The highest BCUT2D eigenvalue weighted by molar-refractivity contribution is 6.09. The average Bonchev–Trinajstić information content (AvgIpc) is 3.38. The summed E-state index contributed by atoms with van der Waals surface area (Å²) < 4.78 is 11.6. The summed E-state index contributed by atoms with van der Waals surface area (Å²) >= 11 is 0. The van der Waals surface area contributed by atoms with Gasteiger partial charge in [0.2, 0.25) is 5.54 Å². The summed E-state index contributed by atoms with van der Waals surface area (Å²) in [4.78, 5) is 38.5. The molecule has 1 saturated heterocycles. The maximum atomic E-state index is 12.7. The number of nitrogens with one attached hydrogen (secondary N) is 3. The lowest BCUT2D eigenvalue weighted by Gasteiger charge is -2.20. The number of amides is 3. The van der Waals surface area contributed by atoms with Crippen LogP contribution >= 0.6 is 0 Å². The van der Waals surface area contributed by atoms with Gasteiger partial charge in [-0.25, -0.2) is 9.59 Å². The number of aromatic amines is 1. The fourth-order valence-corrected chi connectivity index (χ4v) is 3.67. The molecule has 32 heavy (non-hydrogen) atoms. The van der Waals surface area contributed by atoms with Crippen LogP contribution in [0, 0.1) is 11.8 Å². The Balaban J connectivity index is 1.56. The summed E-state index contributed by atoms with van der Waals surface area (Å²) in [6.07, 6.45) is 1.66. The van der Waals surface area contributed by atoms with E-state index in [9.17, 15) is 19.5 Å². The van der Waals surface area contributed by atoms with Crippen molar-refractivity contribution in [2.45, 2.75) is 12.1 Å². The first-order chi connectivity index (χ1) is 15.4. The van der Waals surface area contributed by atoms with Crippen LogP contribution in [0.5, 0.6) is 11.6 Å². The number of aromatic hydroxyl groups is 1. The number of aromatic nitrogens is 2. The Bertz CT molecular complexity index is 1530. The Morgan fingerprint density at radius 3 is 2.78 bits per heavy atom. The number of methoxy groups -OCH3 is 1. The van der Waals surface area contributed by atoms with Crippen LogP contribution < -0.4 is 21.1 Å². The van der Waals surface area contributed by atoms with Crippen molar-refractivity contribution in [1.29, 1.82) is 0 Å². The zero-order valence-electron chi connectivity index (χ0n) is 16.7. The van der Waals surface area contributed by atoms with E-state index in [1.807, 2.05) is 0 Å². The Morgan fingerprint density at radius 2 is 2.03 bits per heavy atom. The predicted octanol–water partition coefficient (Wildman–Crippen LogP) is 1.42. The monoisotopic (exact) mass is 432 g/mol. The number of benzene rings is 2. The van der Waals surface area contributed by atoms with Crippen molar-refractivity contribution >= 4 is 33.8 Å². The van der Waals surface area contributed by atoms with Crippen LogP contribution in [-0.2, 0) is 11.3 Å². The second-order valence-electron chi connectivity index (χ2n) is 7.32. The number of fused-ring (bicyclic) bond motifs is 2. The van der Waals surface area contributed by atoms with E-state index in [2.05, 4.69) is 27.5 Å². The van der Waals surface area contributed by atoms with Gasteiger partial charge in [0.05, 0.1) is 19.2 Å². The number of nitrogens with zero attached hydrogens (tertiary/aromatic N) is 1. The Morgan fingerprint density at radius 1 is 1.19 bits per heavy atom. The maximum absolute atomic E-state index is 12.7. The summed E-state index contributed by atoms with van der Waals surface area (Å²) in [7, 11) is 1.52. The lowest BCUT2D eigenvalue weighted by atomic mass is 9.99. The largest absolute Gasteiger partial charge is 0.497 e. The summed E-state index contributed by atoms with van der Waals surface area (Å²) in [5.41, 5.74) is -0.290. The van der Waals surface area contributed by atoms with Gasteiger partial charge in [-0.2, -0.15) is 0 Å². The number of oxazole rings is 1. The molecular weight excluding hydrogens is 416 g/mol. The van der Waals surface area contributed by atoms with Crippen molar-refractivity contribution in [2.75, 3.05) is 7.11 Å². The maximum Gasteiger partial charge on any atom is 0.417 e. The molecule has 0 radical (unpaired) electrons. The zero-order chi connectivity index (χ0) is 22.5. The third kappa shape index (κ3) is 3.13. The SMILES string of the molecule is COc1ccc2cn(C[C@@]3(C#Cc4ccc5oc(=O)[nH]c5c4)NC(=O)NC3=O)c(O)c2c1. The van der Waals surface area contributed by atoms with Crippen LogP contribution in [0.25, 0.3) is 21.9 Å². The molecule has 2 aromatic carbocycles. The molecule has 3 amide bonds. The first kappa shape index (κ1) is 19.3. The average molecular weight is 432 g/mol. The minimum atomic E-state index is -1.62. The van der Waals surface area contributed by atoms with Crippen LogP contribution in [0.4, 0.5) is 4.79 Å². The van der Waals surface area contributed by atoms with Crippen molar-refractivity contribution in [2.24, 2.45) is 0 Å². The normalized spacial score (nSPS) is 17.8. The van der Waals surface area contributed by atoms with Gasteiger partial charge in [0, 0.05) is 22.5 Å². The van der Waals surface area contributed by atoms with E-state index in [0.717, 1.165) is 5.39 Å². The smallest absolute Gasteiger partial charge is 0.417 e. The third-order valence-corrected chi connectivity index (χ3v) is 5.26. The van der Waals surface area contributed by atoms with E-state index in [1.54, 1.807) is 42.6 Å². The molecule has 1 atom stereocenters. The first-order valence-corrected chi connectivity index (χ1v) is 9.52. The highest BCUT2D eigenvalue weighted by atomic mass is 16.5. The third-order valence-electron chi connectivity index (χ3n) is 5.26. The summed E-state index contributed by atoms with van der Waals surface area (Å²) in [5.74, 6) is 4.95. The molecule has 1 fully saturated rings. The zero-order valence-corrected chi connectivity index (χ0v) is 16.7. The molecule has 4 aromatic rings. The molecule has 0 spiro atoms. The van der Waals surface area contributed by atoms with Crippen molar-refractivity contribution in [1.82, 2.24) is 20.2 Å². The molecule has 0 aliphatic carbocycles. The quantitative estimate of drug-likeness (QED) is 0.285. The minimum absolute atomic E-state index is 0.0913. The second kappa shape index (κ2) is 6.95. The summed E-state index contributed by atoms with van der Waals surface area (Å²) in [6.45, 7) is -0.134. The lowest BCUT2D eigenvalue weighted by Crippen LogP contribution is -2.49. The first-order valence-electron chi connectivity index (χ1n) is 9.52. The standard InChI is InChI=1S/C22H16N4O6/c1-31-14-4-3-13-10-26(18(27)15(13)9-14)11-22(19(28)24-20(29)25-22)7-6-12-2-5-17-16(8-12)23-21(30)32-17/h2-5,8-10,27H,11H2,1H3,(H,23,30)(H2,24,25,28,29)/t22-/m1/s1. The lowest BCUT2D eigenvalue weighted by molar-refractivity contribution is -0.122. The van der Waals surface area contributed by atoms with Gasteiger partial charge < -0.3 is 24.1 Å². The number of carbonyl (C=O) groups excluding carboxylic acids is 2. The van der Waals surface area contributed by atoms with Gasteiger partial charge in [-0.05, 0) is 36.4 Å². The summed E-state index contributed by atoms with van der Waals surface area (Å²) in [6, 6.07) is 9.32. The molecule has 1 aliphatic rings. The van der Waals surface area contributed by atoms with E-state index in [1.165, 1.54) is 11.7 Å². The van der Waals surface area contributed by atoms with Gasteiger partial charge in [-0.15, -0.1) is 0 Å². The van der Waals surface area contributed by atoms with Gasteiger partial charge in [-0.1, -0.05) is 11.8 Å². The molecular formula is C22H16N4O6. The van der Waals surface area contributed by atoms with E-state index >= 15 is 0 Å². The molecule has 160 valence electrons. The number of hydrogen-bond donors (Lipinski definition) is 4. The molecule has 10 nitrogen and oxygen atoms in total. The predicted molar refractivity (Wildman–Crippen MR) is 113 cm³/mol. The van der Waals surface area contributed by atoms with Gasteiger partial charge in [0.15, 0.2) is 11.5 Å². The van der Waals surface area contributed by atoms with Crippen LogP contribution in [-0.4, -0.2) is 39.2 Å². The van der Waals surface area contributed by atoms with Gasteiger partial charge in [0.25, 0.3) is 5.91 Å². The number of H-pyrrole nitrogens is 1. The molecule has 0 saturated carbocycles. The second-order valence-corrected chi connectivity index (χ2v) is 7.32. The summed E-state index contributed by atoms with van der Waals surface area (Å²) in [5, 5.41) is 16.7. The molecule has 4 N–H and O–H groups in total. The van der Waals surface area contributed by atoms with Crippen LogP contribution in [0.2, 0.25) is 0 Å². The fraction of sp³-hybridized carbons (Fsp3) is 0.136. The number of urea groups is 1. The fourth-order valence-electron chi connectivity index (χ4n) is 3.67. The molecule has 2 aromatic heterocycles. The minimum Gasteiger partial charge on any atom is -0.497 e. The van der Waals surface area contributed by atoms with Crippen LogP contribution in [0.15, 0.2) is 51.8 Å². The topological polar surface area (TPSA) is 139 Å². The van der Waals surface area contributed by atoms with Crippen molar-refractivity contribution < 1.29 is 23.8 Å². The van der Waals surface area contributed by atoms with Crippen LogP contribution in [0.3, 0.4) is 0 Å². The van der Waals surface area contributed by atoms with Crippen LogP contribution in [0.1, 0.15) is 5.56 Å².